The molecule has 2 aromatic heterocycles. The van der Waals surface area contributed by atoms with Gasteiger partial charge in [-0.15, -0.1) is 0 Å². The zero-order valence-corrected chi connectivity index (χ0v) is 20.5. The number of hydrogen-bond donors (Lipinski definition) is 1. The lowest BCUT2D eigenvalue weighted by Crippen LogP contribution is -2.13. The molecule has 1 aromatic carbocycles. The molecule has 1 aliphatic heterocycles. The van der Waals surface area contributed by atoms with E-state index in [1.807, 2.05) is 0 Å². The lowest BCUT2D eigenvalue weighted by molar-refractivity contribution is -0.121. The summed E-state index contributed by atoms with van der Waals surface area (Å²) in [5.74, 6) is -5.13. The highest BCUT2D eigenvalue weighted by molar-refractivity contribution is 7.90. The second-order valence-electron chi connectivity index (χ2n) is 9.23. The van der Waals surface area contributed by atoms with Crippen LogP contribution < -0.4 is 5.32 Å². The molecule has 0 unspecified atom stereocenters. The first kappa shape index (κ1) is 25.1. The molecule has 0 amide bonds. The molecule has 0 radical (unpaired) electrons. The number of nitrogens with one attached hydrogen (secondary N) is 1. The van der Waals surface area contributed by atoms with Crippen LogP contribution in [0.15, 0.2) is 46.7 Å². The molecule has 1 saturated carbocycles. The van der Waals surface area contributed by atoms with Crippen LogP contribution in [-0.4, -0.2) is 53.1 Å². The van der Waals surface area contributed by atoms with Crippen molar-refractivity contribution in [1.82, 2.24) is 14.5 Å². The number of alkyl halides is 4. The first-order valence-electron chi connectivity index (χ1n) is 11.2. The maximum Gasteiger partial charge on any atom is 0.277 e. The minimum atomic E-state index is -3.77. The van der Waals surface area contributed by atoms with Gasteiger partial charge < -0.3 is 9.88 Å². The molecular formula is C24H21F4N5O3S. The molecule has 1 aliphatic carbocycles. The highest BCUT2D eigenvalue weighted by atomic mass is 32.2. The Hall–Kier alpha value is -3.61. The van der Waals surface area contributed by atoms with Crippen LogP contribution in [-0.2, 0) is 34.5 Å². The van der Waals surface area contributed by atoms with Crippen molar-refractivity contribution in [3.8, 4) is 11.3 Å². The van der Waals surface area contributed by atoms with E-state index >= 15 is 0 Å². The third-order valence-electron chi connectivity index (χ3n) is 6.19. The van der Waals surface area contributed by atoms with Gasteiger partial charge in [-0.25, -0.2) is 36.0 Å². The van der Waals surface area contributed by atoms with Crippen LogP contribution in [0.2, 0.25) is 0 Å². The Kier molecular flexibility index (Phi) is 5.93. The molecule has 0 spiro atoms. The Labute approximate surface area is 209 Å². The quantitative estimate of drug-likeness (QED) is 0.432. The molecule has 3 heterocycles. The van der Waals surface area contributed by atoms with Crippen LogP contribution in [0, 0.1) is 5.92 Å². The first-order valence-corrected chi connectivity index (χ1v) is 13.1. The Bertz CT molecular complexity index is 1570. The molecule has 1 fully saturated rings. The number of aryl methyl sites for hydroxylation is 1. The largest absolute Gasteiger partial charge is 0.353 e. The van der Waals surface area contributed by atoms with Crippen molar-refractivity contribution in [3.63, 3.8) is 0 Å². The molecule has 194 valence electrons. The van der Waals surface area contributed by atoms with Gasteiger partial charge in [0.1, 0.15) is 11.5 Å². The van der Waals surface area contributed by atoms with Gasteiger partial charge in [-0.2, -0.15) is 0 Å². The number of aromatic nitrogens is 3. The summed E-state index contributed by atoms with van der Waals surface area (Å²) in [6.07, 6.45) is 0.255. The van der Waals surface area contributed by atoms with E-state index < -0.39 is 52.4 Å². The van der Waals surface area contributed by atoms with Gasteiger partial charge in [0, 0.05) is 44.3 Å². The van der Waals surface area contributed by atoms with Gasteiger partial charge in [0.15, 0.2) is 9.84 Å². The first-order chi connectivity index (χ1) is 17.3. The van der Waals surface area contributed by atoms with Gasteiger partial charge in [0.05, 0.1) is 51.3 Å². The number of carbonyl (C=O) groups is 1. The van der Waals surface area contributed by atoms with Gasteiger partial charge in [-0.1, -0.05) is 6.07 Å². The molecule has 0 bridgehead atoms. The average molecular weight is 536 g/mol. The van der Waals surface area contributed by atoms with Gasteiger partial charge in [0.25, 0.3) is 12.3 Å². The molecule has 37 heavy (non-hydrogen) atoms. The smallest absolute Gasteiger partial charge is 0.277 e. The van der Waals surface area contributed by atoms with E-state index in [1.54, 1.807) is 30.2 Å². The summed E-state index contributed by atoms with van der Waals surface area (Å²) in [4.78, 5) is 24.7. The number of halogens is 4. The van der Waals surface area contributed by atoms with Gasteiger partial charge >= 0.3 is 0 Å². The van der Waals surface area contributed by atoms with E-state index in [0.717, 1.165) is 6.26 Å². The molecule has 1 atom stereocenters. The van der Waals surface area contributed by atoms with Crippen molar-refractivity contribution in [1.29, 1.82) is 0 Å². The van der Waals surface area contributed by atoms with Crippen molar-refractivity contribution < 1.29 is 30.8 Å². The van der Waals surface area contributed by atoms with Gasteiger partial charge in [-0.05, 0) is 18.2 Å². The fraction of sp³-hybridized carbons (Fsp3) is 0.333. The molecule has 13 heteroatoms. The minimum absolute atomic E-state index is 0.0764. The highest BCUT2D eigenvalue weighted by Gasteiger charge is 2.60. The van der Waals surface area contributed by atoms with Gasteiger partial charge in [-0.3, -0.25) is 9.78 Å². The summed E-state index contributed by atoms with van der Waals surface area (Å²) in [7, 11) is -1.99. The number of imidazole rings is 1. The number of rotatable bonds is 8. The highest BCUT2D eigenvalue weighted by Crippen LogP contribution is 2.49. The van der Waals surface area contributed by atoms with Gasteiger partial charge in [0.2, 0.25) is 0 Å². The van der Waals surface area contributed by atoms with E-state index in [1.165, 1.54) is 18.2 Å². The summed E-state index contributed by atoms with van der Waals surface area (Å²) in [5.41, 5.74) is 1.27. The number of sulfone groups is 1. The van der Waals surface area contributed by atoms with E-state index in [-0.39, 0.29) is 39.8 Å². The maximum atomic E-state index is 13.4. The molecule has 1 N–H and O–H groups in total. The van der Waals surface area contributed by atoms with Crippen LogP contribution in [0.1, 0.15) is 17.8 Å². The Balaban J connectivity index is 1.54. The van der Waals surface area contributed by atoms with E-state index in [2.05, 4.69) is 20.3 Å². The Morgan fingerprint density at radius 2 is 1.97 bits per heavy atom. The summed E-state index contributed by atoms with van der Waals surface area (Å²) in [6.45, 7) is 0. The Morgan fingerprint density at radius 1 is 1.24 bits per heavy atom. The SMILES string of the molecule is Cn1cnc(-c2ccc(Nc3cc(CC(=O)[C@H]4CC4(F)F)nc4c3N=C(C(F)F)C4)c(S(C)(=O)=O)c2)c1. The van der Waals surface area contributed by atoms with Crippen molar-refractivity contribution in [2.45, 2.75) is 36.5 Å². The van der Waals surface area contributed by atoms with Crippen molar-refractivity contribution in [2.24, 2.45) is 18.0 Å². The number of hydrogen-bond acceptors (Lipinski definition) is 7. The van der Waals surface area contributed by atoms with Crippen molar-refractivity contribution >= 4 is 38.4 Å². The van der Waals surface area contributed by atoms with Crippen LogP contribution in [0.3, 0.4) is 0 Å². The zero-order valence-electron chi connectivity index (χ0n) is 19.7. The number of benzene rings is 1. The summed E-state index contributed by atoms with van der Waals surface area (Å²) >= 11 is 0. The lowest BCUT2D eigenvalue weighted by atomic mass is 10.1. The van der Waals surface area contributed by atoms with E-state index in [4.69, 9.17) is 0 Å². The number of pyridine rings is 1. The summed E-state index contributed by atoms with van der Waals surface area (Å²) in [6, 6.07) is 5.95. The normalized spacial score (nSPS) is 18.0. The van der Waals surface area contributed by atoms with Crippen molar-refractivity contribution in [2.75, 3.05) is 11.6 Å². The maximum absolute atomic E-state index is 13.4. The molecular weight excluding hydrogens is 514 g/mol. The zero-order chi connectivity index (χ0) is 26.7. The monoisotopic (exact) mass is 535 g/mol. The number of anilines is 2. The standard InChI is InChI=1S/C24H21F4N5O3S/c1-33-10-19(29-11-33)12-3-4-15(21(5-12)37(2,35)36)31-16-6-13(7-20(34)14-9-24(14,27)28)30-17-8-18(23(25)26)32-22(16)17/h3-6,10-11,14,23H,7-9H2,1-2H3,(H,30,31)/t14-/m1/s1. The second kappa shape index (κ2) is 8.75. The third kappa shape index (κ3) is 4.99. The number of Topliss-reactive ketones (excluding diaryl/α,β-unsaturated/α-hetero) is 1. The van der Waals surface area contributed by atoms with Crippen LogP contribution >= 0.6 is 0 Å². The second-order valence-corrected chi connectivity index (χ2v) is 11.2. The molecule has 0 saturated heterocycles. The van der Waals surface area contributed by atoms with Crippen LogP contribution in [0.5, 0.6) is 0 Å². The van der Waals surface area contributed by atoms with Crippen LogP contribution in [0.25, 0.3) is 11.3 Å². The molecule has 5 rings (SSSR count). The van der Waals surface area contributed by atoms with E-state index in [9.17, 15) is 30.8 Å². The average Bonchev–Trinajstić information content (AvgIpc) is 3.14. The predicted molar refractivity (Wildman–Crippen MR) is 128 cm³/mol. The fourth-order valence-electron chi connectivity index (χ4n) is 4.23. The summed E-state index contributed by atoms with van der Waals surface area (Å²) < 4.78 is 80.5. The van der Waals surface area contributed by atoms with Crippen LogP contribution in [0.4, 0.5) is 34.6 Å². The fourth-order valence-corrected chi connectivity index (χ4v) is 5.09. The number of ketones is 1. The Morgan fingerprint density at radius 3 is 2.57 bits per heavy atom. The van der Waals surface area contributed by atoms with E-state index in [0.29, 0.717) is 11.3 Å². The molecule has 2 aliphatic rings. The third-order valence-corrected chi connectivity index (χ3v) is 7.33. The topological polar surface area (TPSA) is 106 Å². The predicted octanol–water partition coefficient (Wildman–Crippen LogP) is 4.29. The number of fused-ring (bicyclic) bond motifs is 1. The molecule has 8 nitrogen and oxygen atoms in total. The van der Waals surface area contributed by atoms with Crippen molar-refractivity contribution in [3.05, 3.63) is 48.2 Å². The molecule has 3 aromatic rings. The number of carbonyl (C=O) groups excluding carboxylic acids is 1. The minimum Gasteiger partial charge on any atom is -0.353 e. The number of nitrogens with zero attached hydrogens (tertiary/aromatic N) is 4. The number of aliphatic imine (C=N–C) groups is 1. The summed E-state index contributed by atoms with van der Waals surface area (Å²) in [5, 5.41) is 2.94. The lowest BCUT2D eigenvalue weighted by Gasteiger charge is -2.15.